The number of aliphatic hydroxyl groups excluding tert-OH is 1. The molecule has 2 N–H and O–H groups in total. The quantitative estimate of drug-likeness (QED) is 0.843. The van der Waals surface area contributed by atoms with E-state index in [0.717, 1.165) is 5.56 Å². The molecule has 0 aliphatic rings. The molecule has 0 saturated carbocycles. The predicted octanol–water partition coefficient (Wildman–Crippen LogP) is 2.00. The van der Waals surface area contributed by atoms with E-state index in [1.54, 1.807) is 7.05 Å². The molecule has 0 heterocycles. The van der Waals surface area contributed by atoms with Crippen LogP contribution in [0.2, 0.25) is 0 Å². The molecular weight excluding hydrogens is 268 g/mol. The number of nitrogens with one attached hydrogen (secondary N) is 1. The summed E-state index contributed by atoms with van der Waals surface area (Å²) in [6, 6.07) is 9.56. The Hall–Kier alpha value is -1.59. The topological polar surface area (TPSA) is 61.8 Å². The zero-order valence-electron chi connectivity index (χ0n) is 13.3. The molecule has 0 aliphatic carbocycles. The highest BCUT2D eigenvalue weighted by atomic mass is 16.5. The predicted molar refractivity (Wildman–Crippen MR) is 83.0 cm³/mol. The first-order chi connectivity index (χ1) is 9.78. The van der Waals surface area contributed by atoms with Gasteiger partial charge in [0.1, 0.15) is 0 Å². The Morgan fingerprint density at radius 3 is 2.52 bits per heavy atom. The standard InChI is InChI=1S/C16H26N2O3/c1-16(2,3)17-15(20)18(4)10-14(19)12-21-11-13-8-6-5-7-9-13/h5-9,14,19H,10-12H2,1-4H3,(H,17,20). The van der Waals surface area contributed by atoms with Crippen LogP contribution in [0.15, 0.2) is 30.3 Å². The molecule has 1 aromatic rings. The number of carbonyl (C=O) groups excluding carboxylic acids is 1. The van der Waals surface area contributed by atoms with Gasteiger partial charge >= 0.3 is 6.03 Å². The lowest BCUT2D eigenvalue weighted by atomic mass is 10.1. The number of urea groups is 1. The van der Waals surface area contributed by atoms with Gasteiger partial charge in [0.15, 0.2) is 0 Å². The van der Waals surface area contributed by atoms with Crippen LogP contribution < -0.4 is 5.32 Å². The molecule has 0 saturated heterocycles. The van der Waals surface area contributed by atoms with Gasteiger partial charge in [0.25, 0.3) is 0 Å². The number of hydrogen-bond acceptors (Lipinski definition) is 3. The van der Waals surface area contributed by atoms with E-state index in [2.05, 4.69) is 5.32 Å². The van der Waals surface area contributed by atoms with E-state index in [9.17, 15) is 9.90 Å². The molecule has 0 spiro atoms. The van der Waals surface area contributed by atoms with Gasteiger partial charge in [-0.15, -0.1) is 0 Å². The Balaban J connectivity index is 2.26. The first-order valence-electron chi connectivity index (χ1n) is 7.11. The minimum Gasteiger partial charge on any atom is -0.389 e. The first-order valence-corrected chi connectivity index (χ1v) is 7.11. The number of amides is 2. The highest BCUT2D eigenvalue weighted by Gasteiger charge is 2.18. The minimum atomic E-state index is -0.704. The molecule has 0 bridgehead atoms. The Kier molecular flexibility index (Phi) is 6.65. The lowest BCUT2D eigenvalue weighted by Gasteiger charge is -2.27. The van der Waals surface area contributed by atoms with Crippen LogP contribution in [-0.2, 0) is 11.3 Å². The van der Waals surface area contributed by atoms with Gasteiger partial charge in [-0.3, -0.25) is 0 Å². The van der Waals surface area contributed by atoms with Gasteiger partial charge < -0.3 is 20.1 Å². The fraction of sp³-hybridized carbons (Fsp3) is 0.562. The summed E-state index contributed by atoms with van der Waals surface area (Å²) in [6.07, 6.45) is -0.704. The Labute approximate surface area is 126 Å². The average Bonchev–Trinajstić information content (AvgIpc) is 2.37. The summed E-state index contributed by atoms with van der Waals surface area (Å²) < 4.78 is 5.45. The van der Waals surface area contributed by atoms with E-state index in [-0.39, 0.29) is 24.7 Å². The minimum absolute atomic E-state index is 0.196. The number of aliphatic hydroxyl groups is 1. The highest BCUT2D eigenvalue weighted by molar-refractivity contribution is 5.74. The third-order valence-electron chi connectivity index (χ3n) is 2.74. The molecule has 5 nitrogen and oxygen atoms in total. The van der Waals surface area contributed by atoms with Crippen molar-refractivity contribution in [2.45, 2.75) is 39.0 Å². The van der Waals surface area contributed by atoms with Crippen molar-refractivity contribution in [1.82, 2.24) is 10.2 Å². The van der Waals surface area contributed by atoms with E-state index >= 15 is 0 Å². The maximum Gasteiger partial charge on any atom is 0.317 e. The molecule has 1 atom stereocenters. The molecule has 1 rings (SSSR count). The molecule has 1 aromatic carbocycles. The van der Waals surface area contributed by atoms with Crippen LogP contribution in [0, 0.1) is 0 Å². The van der Waals surface area contributed by atoms with Crippen molar-refractivity contribution >= 4 is 6.03 Å². The summed E-state index contributed by atoms with van der Waals surface area (Å²) in [5.74, 6) is 0. The molecule has 0 aromatic heterocycles. The van der Waals surface area contributed by atoms with Crippen LogP contribution in [0.1, 0.15) is 26.3 Å². The fourth-order valence-electron chi connectivity index (χ4n) is 1.76. The maximum absolute atomic E-state index is 11.9. The van der Waals surface area contributed by atoms with Crippen molar-refractivity contribution in [1.29, 1.82) is 0 Å². The lowest BCUT2D eigenvalue weighted by Crippen LogP contribution is -2.49. The van der Waals surface area contributed by atoms with Gasteiger partial charge in [0.2, 0.25) is 0 Å². The van der Waals surface area contributed by atoms with Crippen LogP contribution >= 0.6 is 0 Å². The summed E-state index contributed by atoms with van der Waals surface area (Å²) in [7, 11) is 1.65. The van der Waals surface area contributed by atoms with Crippen molar-refractivity contribution in [2.75, 3.05) is 20.2 Å². The van der Waals surface area contributed by atoms with Crippen LogP contribution in [0.3, 0.4) is 0 Å². The average molecular weight is 294 g/mol. The zero-order valence-corrected chi connectivity index (χ0v) is 13.3. The van der Waals surface area contributed by atoms with Crippen molar-refractivity contribution in [3.63, 3.8) is 0 Å². The number of likely N-dealkylation sites (N-methyl/N-ethyl adjacent to an activating group) is 1. The third-order valence-corrected chi connectivity index (χ3v) is 2.74. The number of nitrogens with zero attached hydrogens (tertiary/aromatic N) is 1. The summed E-state index contributed by atoms with van der Waals surface area (Å²) >= 11 is 0. The molecule has 118 valence electrons. The van der Waals surface area contributed by atoms with E-state index in [0.29, 0.717) is 6.61 Å². The maximum atomic E-state index is 11.9. The van der Waals surface area contributed by atoms with Gasteiger partial charge in [0.05, 0.1) is 25.9 Å². The molecule has 21 heavy (non-hydrogen) atoms. The Morgan fingerprint density at radius 2 is 1.95 bits per heavy atom. The Morgan fingerprint density at radius 1 is 1.33 bits per heavy atom. The molecule has 0 aliphatic heterocycles. The second kappa shape index (κ2) is 8.00. The summed E-state index contributed by atoms with van der Waals surface area (Å²) in [4.78, 5) is 13.3. The van der Waals surface area contributed by atoms with Gasteiger partial charge in [-0.2, -0.15) is 0 Å². The van der Waals surface area contributed by atoms with Gasteiger partial charge in [-0.1, -0.05) is 30.3 Å². The van der Waals surface area contributed by atoms with E-state index < -0.39 is 6.10 Å². The van der Waals surface area contributed by atoms with Crippen LogP contribution in [0.25, 0.3) is 0 Å². The zero-order chi connectivity index (χ0) is 15.9. The summed E-state index contributed by atoms with van der Waals surface area (Å²) in [6.45, 7) is 6.63. The van der Waals surface area contributed by atoms with Gasteiger partial charge in [-0.25, -0.2) is 4.79 Å². The molecule has 0 radical (unpaired) electrons. The lowest BCUT2D eigenvalue weighted by molar-refractivity contribution is 0.0178. The fourth-order valence-corrected chi connectivity index (χ4v) is 1.76. The molecule has 0 fully saturated rings. The first kappa shape index (κ1) is 17.5. The number of benzene rings is 1. The van der Waals surface area contributed by atoms with Crippen molar-refractivity contribution in [3.05, 3.63) is 35.9 Å². The number of carbonyl (C=O) groups is 1. The molecule has 5 heteroatoms. The molecule has 2 amide bonds. The number of hydrogen-bond donors (Lipinski definition) is 2. The number of ether oxygens (including phenoxy) is 1. The Bertz CT molecular complexity index is 429. The third kappa shape index (κ3) is 7.68. The van der Waals surface area contributed by atoms with E-state index in [1.807, 2.05) is 51.1 Å². The van der Waals surface area contributed by atoms with E-state index in [1.165, 1.54) is 4.90 Å². The van der Waals surface area contributed by atoms with Gasteiger partial charge in [-0.05, 0) is 26.3 Å². The highest BCUT2D eigenvalue weighted by Crippen LogP contribution is 2.03. The molecular formula is C16H26N2O3. The largest absolute Gasteiger partial charge is 0.389 e. The van der Waals surface area contributed by atoms with Crippen LogP contribution in [0.5, 0.6) is 0 Å². The summed E-state index contributed by atoms with van der Waals surface area (Å²) in [5.41, 5.74) is 0.767. The second-order valence-electron chi connectivity index (χ2n) is 6.22. The van der Waals surface area contributed by atoms with Crippen LogP contribution in [0.4, 0.5) is 4.79 Å². The number of rotatable bonds is 6. The van der Waals surface area contributed by atoms with Crippen molar-refractivity contribution in [3.8, 4) is 0 Å². The SMILES string of the molecule is CN(CC(O)COCc1ccccc1)C(=O)NC(C)(C)C. The van der Waals surface area contributed by atoms with Crippen molar-refractivity contribution < 1.29 is 14.6 Å². The molecule has 1 unspecified atom stereocenters. The normalized spacial score (nSPS) is 12.8. The summed E-state index contributed by atoms with van der Waals surface area (Å²) in [5, 5.41) is 12.7. The van der Waals surface area contributed by atoms with E-state index in [4.69, 9.17) is 4.74 Å². The van der Waals surface area contributed by atoms with Gasteiger partial charge in [0, 0.05) is 12.6 Å². The van der Waals surface area contributed by atoms with Crippen LogP contribution in [-0.4, -0.2) is 47.9 Å². The second-order valence-corrected chi connectivity index (χ2v) is 6.22. The van der Waals surface area contributed by atoms with Crippen molar-refractivity contribution in [2.24, 2.45) is 0 Å². The monoisotopic (exact) mass is 294 g/mol. The smallest absolute Gasteiger partial charge is 0.317 e.